The summed E-state index contributed by atoms with van der Waals surface area (Å²) in [6.07, 6.45) is 15.5. The van der Waals surface area contributed by atoms with Crippen LogP contribution in [-0.2, 0) is 0 Å². The first kappa shape index (κ1) is 22.1. The van der Waals surface area contributed by atoms with Gasteiger partial charge in [0.15, 0.2) is 0 Å². The molecular formula is C25H42N4. The van der Waals surface area contributed by atoms with Gasteiger partial charge in [0.1, 0.15) is 0 Å². The van der Waals surface area contributed by atoms with Gasteiger partial charge in [0.2, 0.25) is 0 Å². The van der Waals surface area contributed by atoms with Gasteiger partial charge in [-0.2, -0.15) is 0 Å². The molecule has 4 nitrogen and oxygen atoms in total. The van der Waals surface area contributed by atoms with Crippen molar-refractivity contribution in [3.05, 3.63) is 23.5 Å². The topological polar surface area (TPSA) is 76.8 Å². The van der Waals surface area contributed by atoms with Crippen molar-refractivity contribution in [3.63, 3.8) is 0 Å². The molecule has 2 fully saturated rings. The van der Waals surface area contributed by atoms with E-state index in [9.17, 15) is 0 Å². The lowest BCUT2D eigenvalue weighted by molar-refractivity contribution is 0.471. The van der Waals surface area contributed by atoms with E-state index in [4.69, 9.17) is 16.5 Å². The van der Waals surface area contributed by atoms with Crippen LogP contribution in [0.1, 0.15) is 85.5 Å². The minimum atomic E-state index is 0.455. The van der Waals surface area contributed by atoms with E-state index in [0.29, 0.717) is 22.7 Å². The third-order valence-corrected chi connectivity index (χ3v) is 7.57. The van der Waals surface area contributed by atoms with Crippen molar-refractivity contribution in [1.29, 1.82) is 0 Å². The van der Waals surface area contributed by atoms with Crippen LogP contribution < -0.4 is 11.5 Å². The Balaban J connectivity index is 0.000000166. The Labute approximate surface area is 178 Å². The molecule has 162 valence electrons. The summed E-state index contributed by atoms with van der Waals surface area (Å²) in [4.78, 5) is 9.37. The number of aliphatic imine (C=N–C) groups is 2. The predicted molar refractivity (Wildman–Crippen MR) is 125 cm³/mol. The average molecular weight is 399 g/mol. The van der Waals surface area contributed by atoms with Crippen molar-refractivity contribution in [1.82, 2.24) is 0 Å². The van der Waals surface area contributed by atoms with Crippen molar-refractivity contribution >= 4 is 11.4 Å². The zero-order valence-corrected chi connectivity index (χ0v) is 19.1. The molecule has 4 rings (SSSR count). The van der Waals surface area contributed by atoms with Gasteiger partial charge in [-0.3, -0.25) is 9.98 Å². The Hall–Kier alpha value is -1.58. The molecule has 1 atom stereocenters. The Bertz CT molecular complexity index is 702. The van der Waals surface area contributed by atoms with Gasteiger partial charge in [0, 0.05) is 35.6 Å². The normalized spacial score (nSPS) is 25.8. The minimum Gasteiger partial charge on any atom is -0.404 e. The molecule has 0 aromatic rings. The van der Waals surface area contributed by atoms with Crippen LogP contribution >= 0.6 is 0 Å². The predicted octanol–water partition coefficient (Wildman–Crippen LogP) is 5.39. The van der Waals surface area contributed by atoms with Crippen molar-refractivity contribution in [2.24, 2.45) is 44.1 Å². The molecule has 2 aliphatic heterocycles. The van der Waals surface area contributed by atoms with E-state index in [1.165, 1.54) is 61.9 Å². The molecule has 29 heavy (non-hydrogen) atoms. The lowest BCUT2D eigenvalue weighted by atomic mass is 9.89. The maximum Gasteiger partial charge on any atom is 0.0449 e. The molecular weight excluding hydrogens is 356 g/mol. The van der Waals surface area contributed by atoms with Crippen LogP contribution in [0.4, 0.5) is 0 Å². The molecule has 4 heteroatoms. The molecule has 1 unspecified atom stereocenters. The maximum absolute atomic E-state index is 6.09. The first-order valence-electron chi connectivity index (χ1n) is 11.8. The number of hydrogen-bond donors (Lipinski definition) is 2. The molecule has 0 bridgehead atoms. The number of allylic oxidation sites excluding steroid dienone is 3. The van der Waals surface area contributed by atoms with Crippen LogP contribution in [0.5, 0.6) is 0 Å². The first-order valence-corrected chi connectivity index (χ1v) is 11.8. The monoisotopic (exact) mass is 398 g/mol. The van der Waals surface area contributed by atoms with E-state index in [0.717, 1.165) is 31.6 Å². The highest BCUT2D eigenvalue weighted by Crippen LogP contribution is 2.53. The van der Waals surface area contributed by atoms with Crippen molar-refractivity contribution < 1.29 is 0 Å². The summed E-state index contributed by atoms with van der Waals surface area (Å²) >= 11 is 0. The quantitative estimate of drug-likeness (QED) is 0.651. The number of rotatable bonds is 5. The summed E-state index contributed by atoms with van der Waals surface area (Å²) in [6.45, 7) is 10.8. The molecule has 2 aliphatic carbocycles. The third-order valence-electron chi connectivity index (χ3n) is 7.57. The second-order valence-corrected chi connectivity index (χ2v) is 10.1. The van der Waals surface area contributed by atoms with Crippen molar-refractivity contribution in [2.75, 3.05) is 13.1 Å². The highest BCUT2D eigenvalue weighted by molar-refractivity contribution is 6.02. The van der Waals surface area contributed by atoms with Gasteiger partial charge >= 0.3 is 0 Å². The zero-order chi connectivity index (χ0) is 21.1. The smallest absolute Gasteiger partial charge is 0.0449 e. The van der Waals surface area contributed by atoms with E-state index >= 15 is 0 Å². The zero-order valence-electron chi connectivity index (χ0n) is 19.1. The van der Waals surface area contributed by atoms with Crippen LogP contribution in [-0.4, -0.2) is 24.5 Å². The minimum absolute atomic E-state index is 0.455. The van der Waals surface area contributed by atoms with Crippen LogP contribution in [0.15, 0.2) is 33.5 Å². The lowest BCUT2D eigenvalue weighted by Crippen LogP contribution is -2.21. The molecule has 4 N–H and O–H groups in total. The van der Waals surface area contributed by atoms with Crippen LogP contribution in [0.3, 0.4) is 0 Å². The Morgan fingerprint density at radius 1 is 1.07 bits per heavy atom. The second-order valence-electron chi connectivity index (χ2n) is 10.1. The van der Waals surface area contributed by atoms with Gasteiger partial charge in [-0.25, -0.2) is 0 Å². The molecule has 2 heterocycles. The molecule has 0 radical (unpaired) electrons. The lowest BCUT2D eigenvalue weighted by Gasteiger charge is -2.23. The number of nitrogens with zero attached hydrogens (tertiary/aromatic N) is 2. The summed E-state index contributed by atoms with van der Waals surface area (Å²) < 4.78 is 0. The highest BCUT2D eigenvalue weighted by Gasteiger charge is 2.47. The van der Waals surface area contributed by atoms with E-state index in [1.54, 1.807) is 6.20 Å². The van der Waals surface area contributed by atoms with Crippen molar-refractivity contribution in [3.8, 4) is 0 Å². The van der Waals surface area contributed by atoms with Gasteiger partial charge in [-0.1, -0.05) is 27.7 Å². The Morgan fingerprint density at radius 3 is 2.28 bits per heavy atom. The molecule has 0 aromatic heterocycles. The summed E-state index contributed by atoms with van der Waals surface area (Å²) in [5.74, 6) is 0.998. The van der Waals surface area contributed by atoms with Gasteiger partial charge in [0.25, 0.3) is 0 Å². The first-order chi connectivity index (χ1) is 13.8. The fourth-order valence-electron chi connectivity index (χ4n) is 4.55. The van der Waals surface area contributed by atoms with Crippen molar-refractivity contribution in [2.45, 2.75) is 85.5 Å². The molecule has 0 amide bonds. The van der Waals surface area contributed by atoms with E-state index < -0.39 is 0 Å². The third kappa shape index (κ3) is 5.32. The van der Waals surface area contributed by atoms with Gasteiger partial charge in [-0.15, -0.1) is 0 Å². The molecule has 2 saturated carbocycles. The fourth-order valence-corrected chi connectivity index (χ4v) is 4.55. The summed E-state index contributed by atoms with van der Waals surface area (Å²) in [5, 5.41) is 0. The number of hydrogen-bond acceptors (Lipinski definition) is 4. The standard InChI is InChI=1S/C13H22N2.C12H20N2/c1-3-10(2)11(14)9-12-13(6-7-13)5-4-8-15-12;1-9(2)10(7-13)11-3-4-12(5-6-12)8-14-11/h9-10H,3-8,14H2,1-2H3;7,9H,3-6,8,13H2,1-2H3/b11-9-;10-7-. The highest BCUT2D eigenvalue weighted by atomic mass is 14.8. The SMILES string of the molecule is CC(C)/C(=C/N)C1=NCC2(CC1)CC2.CCC(C)/C(N)=C/C1=NCCCC12CC2. The van der Waals surface area contributed by atoms with Gasteiger partial charge < -0.3 is 11.5 Å². The van der Waals surface area contributed by atoms with Crippen LogP contribution in [0, 0.1) is 22.7 Å². The summed E-state index contributed by atoms with van der Waals surface area (Å²) in [7, 11) is 0. The second kappa shape index (κ2) is 9.06. The largest absolute Gasteiger partial charge is 0.404 e. The molecule has 0 saturated heterocycles. The fraction of sp³-hybridized carbons (Fsp3) is 0.760. The molecule has 0 aromatic carbocycles. The maximum atomic E-state index is 6.09. The summed E-state index contributed by atoms with van der Waals surface area (Å²) in [6, 6.07) is 0. The van der Waals surface area contributed by atoms with E-state index in [1.807, 2.05) is 0 Å². The summed E-state index contributed by atoms with van der Waals surface area (Å²) in [5.41, 5.74) is 17.6. The van der Waals surface area contributed by atoms with Crippen LogP contribution in [0.25, 0.3) is 0 Å². The Kier molecular flexibility index (Phi) is 6.90. The van der Waals surface area contributed by atoms with Crippen LogP contribution in [0.2, 0.25) is 0 Å². The van der Waals surface area contributed by atoms with E-state index in [2.05, 4.69) is 38.8 Å². The molecule has 2 spiro atoms. The Morgan fingerprint density at radius 2 is 1.79 bits per heavy atom. The van der Waals surface area contributed by atoms with Gasteiger partial charge in [-0.05, 0) is 92.9 Å². The van der Waals surface area contributed by atoms with E-state index in [-0.39, 0.29) is 0 Å². The van der Waals surface area contributed by atoms with Gasteiger partial charge in [0.05, 0.1) is 0 Å². The molecule has 4 aliphatic rings. The number of nitrogens with two attached hydrogens (primary N) is 2. The average Bonchev–Trinajstić information content (AvgIpc) is 3.64.